The highest BCUT2D eigenvalue weighted by Gasteiger charge is 2.45. The summed E-state index contributed by atoms with van der Waals surface area (Å²) in [6.07, 6.45) is 1.21. The van der Waals surface area contributed by atoms with Crippen LogP contribution < -0.4 is 9.47 Å². The van der Waals surface area contributed by atoms with Crippen molar-refractivity contribution in [2.75, 3.05) is 13.7 Å². The summed E-state index contributed by atoms with van der Waals surface area (Å²) in [6, 6.07) is 5.61. The van der Waals surface area contributed by atoms with Gasteiger partial charge in [0.15, 0.2) is 5.60 Å². The maximum atomic E-state index is 10.4. The second kappa shape index (κ2) is 3.38. The zero-order valence-electron chi connectivity index (χ0n) is 9.56. The van der Waals surface area contributed by atoms with E-state index in [4.69, 9.17) is 9.47 Å². The largest absolute Gasteiger partial charge is 0.496 e. The Morgan fingerprint density at radius 2 is 2.41 bits per heavy atom. The predicted octanol–water partition coefficient (Wildman–Crippen LogP) is 1.68. The molecule has 1 aliphatic heterocycles. The van der Waals surface area contributed by atoms with Gasteiger partial charge in [-0.2, -0.15) is 5.26 Å². The number of hydrogen-bond donors (Lipinski definition) is 1. The zero-order chi connectivity index (χ0) is 12.0. The molecule has 1 N–H and O–H groups in total. The van der Waals surface area contributed by atoms with Crippen LogP contribution in [0.15, 0.2) is 12.1 Å². The molecule has 0 bridgehead atoms. The van der Waals surface area contributed by atoms with Gasteiger partial charge in [-0.3, -0.25) is 0 Å². The second-order valence-corrected chi connectivity index (χ2v) is 4.57. The minimum atomic E-state index is -1.44. The Kier molecular flexibility index (Phi) is 2.07. The standard InChI is InChI=1S/C13H13NO3/c1-16-10-3-2-9-11-8(6-17-9)4-5-13(15,7-14)12(10)11/h2-3,8,15H,4-6H2,1H3/t8-,13-/m1/s1. The average molecular weight is 231 g/mol. The van der Waals surface area contributed by atoms with Gasteiger partial charge in [-0.1, -0.05) is 0 Å². The van der Waals surface area contributed by atoms with Crippen LogP contribution in [0.25, 0.3) is 0 Å². The fourth-order valence-corrected chi connectivity index (χ4v) is 2.83. The minimum Gasteiger partial charge on any atom is -0.496 e. The highest BCUT2D eigenvalue weighted by Crippen LogP contribution is 2.51. The van der Waals surface area contributed by atoms with Crippen LogP contribution in [-0.2, 0) is 5.60 Å². The molecule has 0 unspecified atom stereocenters. The molecule has 4 nitrogen and oxygen atoms in total. The Bertz CT molecular complexity index is 520. The van der Waals surface area contributed by atoms with Gasteiger partial charge in [0.05, 0.1) is 13.7 Å². The number of benzene rings is 1. The van der Waals surface area contributed by atoms with Crippen LogP contribution in [0.1, 0.15) is 29.9 Å². The SMILES string of the molecule is COc1ccc2c3c1[C@](O)(C#N)CC[C@@H]3CO2. The van der Waals surface area contributed by atoms with E-state index in [-0.39, 0.29) is 5.92 Å². The Balaban J connectivity index is 2.30. The molecule has 88 valence electrons. The van der Waals surface area contributed by atoms with Crippen molar-refractivity contribution in [2.45, 2.75) is 24.4 Å². The summed E-state index contributed by atoms with van der Waals surface area (Å²) >= 11 is 0. The molecule has 0 spiro atoms. The number of methoxy groups -OCH3 is 1. The molecule has 0 fully saturated rings. The van der Waals surface area contributed by atoms with E-state index in [1.807, 2.05) is 12.1 Å². The molecule has 1 heterocycles. The Morgan fingerprint density at radius 3 is 3.12 bits per heavy atom. The molecule has 4 heteroatoms. The van der Waals surface area contributed by atoms with Gasteiger partial charge < -0.3 is 14.6 Å². The lowest BCUT2D eigenvalue weighted by atomic mass is 9.75. The highest BCUT2D eigenvalue weighted by atomic mass is 16.5. The van der Waals surface area contributed by atoms with Gasteiger partial charge in [-0.25, -0.2) is 0 Å². The summed E-state index contributed by atoms with van der Waals surface area (Å²) in [5.41, 5.74) is 0.120. The molecule has 1 aliphatic carbocycles. The molecule has 1 aromatic rings. The van der Waals surface area contributed by atoms with E-state index in [1.54, 1.807) is 13.2 Å². The number of rotatable bonds is 1. The van der Waals surface area contributed by atoms with Crippen LogP contribution in [0.5, 0.6) is 11.5 Å². The summed E-state index contributed by atoms with van der Waals surface area (Å²) in [6.45, 7) is 0.636. The number of hydrogen-bond acceptors (Lipinski definition) is 4. The van der Waals surface area contributed by atoms with E-state index < -0.39 is 5.60 Å². The van der Waals surface area contributed by atoms with Crippen LogP contribution in [0.3, 0.4) is 0 Å². The van der Waals surface area contributed by atoms with Gasteiger partial charge in [-0.05, 0) is 25.0 Å². The predicted molar refractivity (Wildman–Crippen MR) is 60.0 cm³/mol. The Labute approximate surface area is 99.4 Å². The fraction of sp³-hybridized carbons (Fsp3) is 0.462. The molecule has 0 saturated heterocycles. The summed E-state index contributed by atoms with van der Waals surface area (Å²) < 4.78 is 10.9. The third-order valence-electron chi connectivity index (χ3n) is 3.69. The molecule has 0 aromatic heterocycles. The lowest BCUT2D eigenvalue weighted by Gasteiger charge is -2.31. The van der Waals surface area contributed by atoms with E-state index in [9.17, 15) is 10.4 Å². The van der Waals surface area contributed by atoms with Gasteiger partial charge in [0.2, 0.25) is 0 Å². The number of nitriles is 1. The minimum absolute atomic E-state index is 0.281. The second-order valence-electron chi connectivity index (χ2n) is 4.57. The van der Waals surface area contributed by atoms with Crippen LogP contribution in [0.4, 0.5) is 0 Å². The van der Waals surface area contributed by atoms with Gasteiger partial charge >= 0.3 is 0 Å². The van der Waals surface area contributed by atoms with Crippen molar-refractivity contribution in [2.24, 2.45) is 0 Å². The Hall–Kier alpha value is -1.73. The van der Waals surface area contributed by atoms with Crippen LogP contribution in [0, 0.1) is 11.3 Å². The normalized spacial score (nSPS) is 29.1. The molecule has 17 heavy (non-hydrogen) atoms. The van der Waals surface area contributed by atoms with Crippen molar-refractivity contribution in [3.63, 3.8) is 0 Å². The molecule has 1 aromatic carbocycles. The summed E-state index contributed by atoms with van der Waals surface area (Å²) in [4.78, 5) is 0. The number of aliphatic hydroxyl groups is 1. The first-order valence-electron chi connectivity index (χ1n) is 5.67. The van der Waals surface area contributed by atoms with Gasteiger partial charge in [0.25, 0.3) is 0 Å². The van der Waals surface area contributed by atoms with Crippen molar-refractivity contribution < 1.29 is 14.6 Å². The fourth-order valence-electron chi connectivity index (χ4n) is 2.83. The maximum Gasteiger partial charge on any atom is 0.180 e. The van der Waals surface area contributed by atoms with E-state index in [1.165, 1.54) is 0 Å². The molecule has 3 rings (SSSR count). The van der Waals surface area contributed by atoms with Gasteiger partial charge in [0, 0.05) is 17.0 Å². The van der Waals surface area contributed by atoms with E-state index >= 15 is 0 Å². The molecule has 2 aliphatic rings. The summed E-state index contributed by atoms with van der Waals surface area (Å²) in [5, 5.41) is 19.6. The van der Waals surface area contributed by atoms with E-state index in [0.29, 0.717) is 24.3 Å². The maximum absolute atomic E-state index is 10.4. The molecular weight excluding hydrogens is 218 g/mol. The first-order valence-corrected chi connectivity index (χ1v) is 5.67. The van der Waals surface area contributed by atoms with E-state index in [2.05, 4.69) is 0 Å². The van der Waals surface area contributed by atoms with Crippen molar-refractivity contribution >= 4 is 0 Å². The van der Waals surface area contributed by atoms with E-state index in [0.717, 1.165) is 17.7 Å². The van der Waals surface area contributed by atoms with Crippen molar-refractivity contribution in [3.05, 3.63) is 23.3 Å². The van der Waals surface area contributed by atoms with Crippen LogP contribution >= 0.6 is 0 Å². The molecule has 0 amide bonds. The van der Waals surface area contributed by atoms with Crippen molar-refractivity contribution in [3.8, 4) is 17.6 Å². The summed E-state index contributed by atoms with van der Waals surface area (Å²) in [7, 11) is 1.55. The molecule has 0 saturated carbocycles. The third kappa shape index (κ3) is 1.26. The lowest BCUT2D eigenvalue weighted by molar-refractivity contribution is 0.0706. The molecular formula is C13H13NO3. The first-order chi connectivity index (χ1) is 8.19. The van der Waals surface area contributed by atoms with Crippen LogP contribution in [-0.4, -0.2) is 18.8 Å². The molecule has 0 radical (unpaired) electrons. The smallest absolute Gasteiger partial charge is 0.180 e. The molecule has 2 atom stereocenters. The number of ether oxygens (including phenoxy) is 2. The monoisotopic (exact) mass is 231 g/mol. The topological polar surface area (TPSA) is 62.5 Å². The number of nitrogens with zero attached hydrogens (tertiary/aromatic N) is 1. The van der Waals surface area contributed by atoms with Crippen LogP contribution in [0.2, 0.25) is 0 Å². The average Bonchev–Trinajstić information content (AvgIpc) is 2.78. The van der Waals surface area contributed by atoms with Crippen molar-refractivity contribution in [1.82, 2.24) is 0 Å². The summed E-state index contributed by atoms with van der Waals surface area (Å²) in [5.74, 6) is 1.63. The van der Waals surface area contributed by atoms with Gasteiger partial charge in [0.1, 0.15) is 17.6 Å². The van der Waals surface area contributed by atoms with Gasteiger partial charge in [-0.15, -0.1) is 0 Å². The lowest BCUT2D eigenvalue weighted by Crippen LogP contribution is -2.30. The first kappa shape index (κ1) is 10.4. The third-order valence-corrected chi connectivity index (χ3v) is 3.69. The Morgan fingerprint density at radius 1 is 1.59 bits per heavy atom. The zero-order valence-corrected chi connectivity index (χ0v) is 9.56. The highest BCUT2D eigenvalue weighted by molar-refractivity contribution is 5.58. The quantitative estimate of drug-likeness (QED) is 0.747. The van der Waals surface area contributed by atoms with Crippen molar-refractivity contribution in [1.29, 1.82) is 5.26 Å².